The van der Waals surface area contributed by atoms with Crippen LogP contribution in [-0.4, -0.2) is 82.8 Å². The van der Waals surface area contributed by atoms with Crippen molar-refractivity contribution in [3.05, 3.63) is 0 Å². The minimum atomic E-state index is -1.52. The topological polar surface area (TPSA) is 252 Å². The molecule has 0 spiro atoms. The molecule has 0 saturated carbocycles. The Labute approximate surface area is 177 Å². The summed E-state index contributed by atoms with van der Waals surface area (Å²) in [6, 6.07) is -3.82. The second-order valence-corrected chi connectivity index (χ2v) is 6.43. The zero-order chi connectivity index (χ0) is 23.3. The third kappa shape index (κ3) is 11.7. The molecule has 0 aliphatic rings. The van der Waals surface area contributed by atoms with Crippen LogP contribution < -0.4 is 33.2 Å². The van der Waals surface area contributed by atoms with Gasteiger partial charge in [0.25, 0.3) is 0 Å². The van der Waals surface area contributed by atoms with Crippen molar-refractivity contribution in [3.8, 4) is 0 Å². The summed E-state index contributed by atoms with van der Waals surface area (Å²) in [5, 5.41) is 24.3. The Balaban J connectivity index is 5.27. The molecule has 15 heteroatoms. The molecular weight excluding hydrogens is 422 g/mol. The number of aliphatic carboxylic acids is 2. The Hall–Kier alpha value is -3.07. The quantitative estimate of drug-likeness (QED) is 0.0536. The van der Waals surface area contributed by atoms with Crippen LogP contribution in [0.15, 0.2) is 4.99 Å². The maximum atomic E-state index is 12.5. The molecule has 0 aromatic carbocycles. The molecule has 0 aromatic heterocycles. The molecular formula is C15H27N7O7S. The molecule has 0 saturated heterocycles. The van der Waals surface area contributed by atoms with Gasteiger partial charge in [-0.15, -0.1) is 0 Å². The van der Waals surface area contributed by atoms with Crippen LogP contribution >= 0.6 is 12.6 Å². The summed E-state index contributed by atoms with van der Waals surface area (Å²) in [6.45, 7) is -0.557. The van der Waals surface area contributed by atoms with Crippen LogP contribution in [0.1, 0.15) is 19.3 Å². The summed E-state index contributed by atoms with van der Waals surface area (Å²) < 4.78 is 0. The summed E-state index contributed by atoms with van der Waals surface area (Å²) in [6.07, 6.45) is -0.518. The molecule has 3 unspecified atom stereocenters. The van der Waals surface area contributed by atoms with Crippen LogP contribution in [0, 0.1) is 0 Å². The van der Waals surface area contributed by atoms with Crippen molar-refractivity contribution < 1.29 is 34.2 Å². The maximum absolute atomic E-state index is 12.5. The molecule has 0 aliphatic heterocycles. The highest BCUT2D eigenvalue weighted by atomic mass is 32.1. The zero-order valence-corrected chi connectivity index (χ0v) is 16.9. The van der Waals surface area contributed by atoms with Crippen LogP contribution in [0.4, 0.5) is 0 Å². The second-order valence-electron chi connectivity index (χ2n) is 6.07. The van der Waals surface area contributed by atoms with Gasteiger partial charge in [0.15, 0.2) is 5.96 Å². The van der Waals surface area contributed by atoms with E-state index in [9.17, 15) is 24.0 Å². The van der Waals surface area contributed by atoms with Crippen LogP contribution in [0.25, 0.3) is 0 Å². The standard InChI is InChI=1S/C15H27N7O7S/c16-7(6-30)12(27)22-9(4-10(23)24)14(29)21-8(2-1-3-19-15(17)18)13(28)20-5-11(25)26/h7-9,30H,1-6,16H2,(H,20,28)(H,21,29)(H,22,27)(H,23,24)(H,25,26)(H4,17,18,19). The summed E-state index contributed by atoms with van der Waals surface area (Å²) in [4.78, 5) is 62.1. The van der Waals surface area contributed by atoms with Gasteiger partial charge in [-0.05, 0) is 12.8 Å². The fourth-order valence-electron chi connectivity index (χ4n) is 2.08. The first kappa shape index (κ1) is 26.9. The number of rotatable bonds is 14. The molecule has 0 heterocycles. The number of hydrogen-bond donors (Lipinski definition) is 9. The maximum Gasteiger partial charge on any atom is 0.322 e. The zero-order valence-electron chi connectivity index (χ0n) is 16.0. The normalized spacial score (nSPS) is 13.3. The van der Waals surface area contributed by atoms with Crippen LogP contribution in [-0.2, 0) is 24.0 Å². The molecule has 0 aromatic rings. The van der Waals surface area contributed by atoms with Gasteiger partial charge in [-0.1, -0.05) is 0 Å². The SMILES string of the molecule is NC(N)=NCCCC(NC(=O)C(CC(=O)O)NC(=O)C(N)CS)C(=O)NCC(=O)O. The van der Waals surface area contributed by atoms with E-state index in [0.29, 0.717) is 0 Å². The van der Waals surface area contributed by atoms with Gasteiger partial charge in [-0.2, -0.15) is 12.6 Å². The largest absolute Gasteiger partial charge is 0.481 e. The Bertz CT molecular complexity index is 670. The number of thiol groups is 1. The number of carboxylic acid groups (broad SMARTS) is 2. The summed E-state index contributed by atoms with van der Waals surface area (Å²) in [7, 11) is 0. The number of hydrogen-bond acceptors (Lipinski definition) is 8. The van der Waals surface area contributed by atoms with Crippen LogP contribution in [0.3, 0.4) is 0 Å². The summed E-state index contributed by atoms with van der Waals surface area (Å²) >= 11 is 3.85. The van der Waals surface area contributed by atoms with Crippen molar-refractivity contribution in [1.82, 2.24) is 16.0 Å². The molecule has 14 nitrogen and oxygen atoms in total. The van der Waals surface area contributed by atoms with E-state index in [-0.39, 0.29) is 31.1 Å². The lowest BCUT2D eigenvalue weighted by molar-refractivity contribution is -0.141. The number of nitrogens with two attached hydrogens (primary N) is 3. The van der Waals surface area contributed by atoms with Gasteiger partial charge in [-0.3, -0.25) is 29.0 Å². The molecule has 0 bridgehead atoms. The number of carboxylic acids is 2. The summed E-state index contributed by atoms with van der Waals surface area (Å²) in [5.74, 6) is -5.47. The molecule has 0 aliphatic carbocycles. The van der Waals surface area contributed by atoms with Crippen LogP contribution in [0.2, 0.25) is 0 Å². The third-order valence-corrected chi connectivity index (χ3v) is 3.93. The highest BCUT2D eigenvalue weighted by molar-refractivity contribution is 7.80. The number of nitrogens with one attached hydrogen (secondary N) is 3. The van der Waals surface area contributed by atoms with E-state index in [1.54, 1.807) is 0 Å². The number of carbonyl (C=O) groups excluding carboxylic acids is 3. The Morgan fingerprint density at radius 1 is 0.933 bits per heavy atom. The van der Waals surface area contributed by atoms with Crippen molar-refractivity contribution in [2.75, 3.05) is 18.8 Å². The molecule has 3 amide bonds. The molecule has 30 heavy (non-hydrogen) atoms. The van der Waals surface area contributed by atoms with Crippen molar-refractivity contribution >= 4 is 48.2 Å². The Morgan fingerprint density at radius 2 is 1.53 bits per heavy atom. The van der Waals surface area contributed by atoms with E-state index in [2.05, 4.69) is 33.6 Å². The lowest BCUT2D eigenvalue weighted by atomic mass is 10.1. The molecule has 0 rings (SSSR count). The first-order valence-electron chi connectivity index (χ1n) is 8.71. The van der Waals surface area contributed by atoms with Gasteiger partial charge < -0.3 is 43.4 Å². The monoisotopic (exact) mass is 449 g/mol. The lowest BCUT2D eigenvalue weighted by Gasteiger charge is -2.23. The summed E-state index contributed by atoms with van der Waals surface area (Å²) in [5.41, 5.74) is 15.9. The van der Waals surface area contributed by atoms with Crippen molar-refractivity contribution in [2.45, 2.75) is 37.4 Å². The number of amides is 3. The van der Waals surface area contributed by atoms with Gasteiger partial charge in [0, 0.05) is 12.3 Å². The molecule has 0 radical (unpaired) electrons. The Kier molecular flexibility index (Phi) is 12.6. The average molecular weight is 449 g/mol. The predicted molar refractivity (Wildman–Crippen MR) is 108 cm³/mol. The van der Waals surface area contributed by atoms with E-state index in [0.717, 1.165) is 0 Å². The number of aliphatic imine (C=N–C) groups is 1. The second kappa shape index (κ2) is 14.0. The van der Waals surface area contributed by atoms with Gasteiger partial charge in [0.05, 0.1) is 12.5 Å². The molecule has 3 atom stereocenters. The predicted octanol–water partition coefficient (Wildman–Crippen LogP) is -4.06. The minimum Gasteiger partial charge on any atom is -0.481 e. The number of carbonyl (C=O) groups is 5. The number of nitrogens with zero attached hydrogens (tertiary/aromatic N) is 1. The first-order chi connectivity index (χ1) is 14.0. The third-order valence-electron chi connectivity index (χ3n) is 3.54. The fraction of sp³-hybridized carbons (Fsp3) is 0.600. The fourth-order valence-corrected chi connectivity index (χ4v) is 2.24. The van der Waals surface area contributed by atoms with E-state index in [4.69, 9.17) is 27.4 Å². The lowest BCUT2D eigenvalue weighted by Crippen LogP contribution is -2.56. The minimum absolute atomic E-state index is 0.0118. The van der Waals surface area contributed by atoms with Gasteiger partial charge in [0.2, 0.25) is 17.7 Å². The van der Waals surface area contributed by atoms with Gasteiger partial charge in [-0.25, -0.2) is 0 Å². The smallest absolute Gasteiger partial charge is 0.322 e. The molecule has 170 valence electrons. The van der Waals surface area contributed by atoms with Gasteiger partial charge >= 0.3 is 11.9 Å². The highest BCUT2D eigenvalue weighted by Crippen LogP contribution is 2.02. The molecule has 11 N–H and O–H groups in total. The van der Waals surface area contributed by atoms with E-state index in [1.807, 2.05) is 0 Å². The van der Waals surface area contributed by atoms with Crippen LogP contribution in [0.5, 0.6) is 0 Å². The number of guanidine groups is 1. The Morgan fingerprint density at radius 3 is 2.03 bits per heavy atom. The first-order valence-corrected chi connectivity index (χ1v) is 9.35. The van der Waals surface area contributed by atoms with Crippen molar-refractivity contribution in [1.29, 1.82) is 0 Å². The molecule has 0 fully saturated rings. The average Bonchev–Trinajstić information content (AvgIpc) is 2.66. The van der Waals surface area contributed by atoms with Crippen molar-refractivity contribution in [2.24, 2.45) is 22.2 Å². The van der Waals surface area contributed by atoms with E-state index < -0.39 is 60.8 Å². The van der Waals surface area contributed by atoms with Crippen molar-refractivity contribution in [3.63, 3.8) is 0 Å². The van der Waals surface area contributed by atoms with E-state index >= 15 is 0 Å². The highest BCUT2D eigenvalue weighted by Gasteiger charge is 2.29. The van der Waals surface area contributed by atoms with Gasteiger partial charge in [0.1, 0.15) is 18.6 Å². The van der Waals surface area contributed by atoms with E-state index in [1.165, 1.54) is 0 Å².